The molecule has 1 aliphatic heterocycles. The van der Waals surface area contributed by atoms with Gasteiger partial charge in [0.15, 0.2) is 5.78 Å². The first-order valence-corrected chi connectivity index (χ1v) is 11.5. The Labute approximate surface area is 209 Å². The van der Waals surface area contributed by atoms with Gasteiger partial charge in [0.1, 0.15) is 6.54 Å². The Balaban J connectivity index is 1.72. The zero-order valence-electron chi connectivity index (χ0n) is 16.9. The maximum atomic E-state index is 13.5. The van der Waals surface area contributed by atoms with Crippen molar-refractivity contribution >= 4 is 69.9 Å². The van der Waals surface area contributed by atoms with Crippen molar-refractivity contribution in [2.75, 3.05) is 6.54 Å². The van der Waals surface area contributed by atoms with Gasteiger partial charge < -0.3 is 0 Å². The molecular weight excluding hydrogens is 510 g/mol. The third kappa shape index (κ3) is 4.53. The van der Waals surface area contributed by atoms with Crippen molar-refractivity contribution in [3.63, 3.8) is 0 Å². The van der Waals surface area contributed by atoms with Gasteiger partial charge in [-0.1, -0.05) is 58.6 Å². The molecule has 33 heavy (non-hydrogen) atoms. The number of nitrogens with zero attached hydrogens (tertiary/aromatic N) is 2. The molecule has 0 unspecified atom stereocenters. The van der Waals surface area contributed by atoms with Crippen molar-refractivity contribution in [3.05, 3.63) is 79.8 Å². The molecule has 2 aromatic rings. The third-order valence-corrected chi connectivity index (χ3v) is 6.94. The van der Waals surface area contributed by atoms with Gasteiger partial charge in [0.25, 0.3) is 17.7 Å². The Bertz CT molecular complexity index is 1190. The number of ketones is 1. The maximum absolute atomic E-state index is 13.5. The van der Waals surface area contributed by atoms with Crippen molar-refractivity contribution in [2.24, 2.45) is 11.8 Å². The summed E-state index contributed by atoms with van der Waals surface area (Å²) in [6, 6.07) is 8.45. The summed E-state index contributed by atoms with van der Waals surface area (Å²) in [5.74, 6) is -3.55. The molecule has 10 heteroatoms. The number of rotatable bonds is 5. The minimum atomic E-state index is -0.750. The number of Topliss-reactive ketones (excluding diaryl/α,β-unsaturated/α-hetero) is 1. The lowest BCUT2D eigenvalue weighted by molar-refractivity contribution is -0.154. The number of hydrogen-bond acceptors (Lipinski definition) is 4. The van der Waals surface area contributed by atoms with Gasteiger partial charge in [-0.25, -0.2) is 5.01 Å². The highest BCUT2D eigenvalue weighted by Gasteiger charge is 2.51. The van der Waals surface area contributed by atoms with Gasteiger partial charge in [-0.3, -0.25) is 19.2 Å². The van der Waals surface area contributed by atoms with Crippen LogP contribution in [0.5, 0.6) is 0 Å². The van der Waals surface area contributed by atoms with Crippen LogP contribution in [0.4, 0.5) is 0 Å². The van der Waals surface area contributed by atoms with Gasteiger partial charge in [0, 0.05) is 16.1 Å². The Morgan fingerprint density at radius 3 is 2.06 bits per heavy atom. The van der Waals surface area contributed by atoms with Crippen molar-refractivity contribution < 1.29 is 19.2 Å². The van der Waals surface area contributed by atoms with Crippen LogP contribution < -0.4 is 0 Å². The summed E-state index contributed by atoms with van der Waals surface area (Å²) in [4.78, 5) is 52.9. The quantitative estimate of drug-likeness (QED) is 0.294. The minimum Gasteiger partial charge on any atom is -0.292 e. The first kappa shape index (κ1) is 23.8. The molecule has 1 saturated heterocycles. The Morgan fingerprint density at radius 1 is 0.848 bits per heavy atom. The molecule has 0 spiro atoms. The summed E-state index contributed by atoms with van der Waals surface area (Å²) in [6.07, 6.45) is 4.44. The molecule has 1 fully saturated rings. The fourth-order valence-electron chi connectivity index (χ4n) is 3.97. The lowest BCUT2D eigenvalue weighted by Gasteiger charge is -2.30. The molecule has 0 bridgehead atoms. The summed E-state index contributed by atoms with van der Waals surface area (Å²) >= 11 is 24.1. The second-order valence-corrected chi connectivity index (χ2v) is 9.34. The molecule has 6 nitrogen and oxygen atoms in total. The van der Waals surface area contributed by atoms with E-state index in [9.17, 15) is 19.2 Å². The molecule has 2 aliphatic rings. The number of fused-ring (bicyclic) bond motifs is 1. The number of hydrogen-bond donors (Lipinski definition) is 0. The van der Waals surface area contributed by atoms with E-state index < -0.39 is 41.9 Å². The molecule has 4 rings (SSSR count). The summed E-state index contributed by atoms with van der Waals surface area (Å²) in [6.45, 7) is -0.592. The molecule has 1 heterocycles. The van der Waals surface area contributed by atoms with Gasteiger partial charge in [0.05, 0.1) is 26.9 Å². The predicted octanol–water partition coefficient (Wildman–Crippen LogP) is 5.49. The van der Waals surface area contributed by atoms with E-state index >= 15 is 0 Å². The number of allylic oxidation sites excluding steroid dienone is 2. The summed E-state index contributed by atoms with van der Waals surface area (Å²) in [7, 11) is 0. The van der Waals surface area contributed by atoms with E-state index in [1.165, 1.54) is 36.4 Å². The molecular formula is C23H16Cl4N2O4. The predicted molar refractivity (Wildman–Crippen MR) is 125 cm³/mol. The number of benzene rings is 2. The van der Waals surface area contributed by atoms with E-state index in [2.05, 4.69) is 0 Å². The number of carbonyl (C=O) groups excluding carboxylic acids is 4. The standard InChI is InChI=1S/C23H16Cl4N2O4/c24-13-6-7-16(18(26)10-13)20(30)11-28(21(31)12-5-8-17(25)19(27)9-12)29-22(32)14-3-1-2-4-15(14)23(29)33/h1-2,5-10,14-15H,3-4,11H2/t14-,15-/m0/s1. The lowest BCUT2D eigenvalue weighted by Crippen LogP contribution is -2.52. The summed E-state index contributed by atoms with van der Waals surface area (Å²) in [5.41, 5.74) is 0.166. The van der Waals surface area contributed by atoms with E-state index in [-0.39, 0.29) is 26.2 Å². The average molecular weight is 526 g/mol. The zero-order chi connectivity index (χ0) is 23.9. The van der Waals surface area contributed by atoms with Crippen LogP contribution in [0.2, 0.25) is 20.1 Å². The summed E-state index contributed by atoms with van der Waals surface area (Å²) < 4.78 is 0. The Kier molecular flexibility index (Phi) is 6.82. The van der Waals surface area contributed by atoms with Crippen LogP contribution in [0, 0.1) is 11.8 Å². The number of halogens is 4. The average Bonchev–Trinajstić information content (AvgIpc) is 3.03. The van der Waals surface area contributed by atoms with Gasteiger partial charge in [-0.2, -0.15) is 5.01 Å². The first-order valence-electron chi connectivity index (χ1n) is 9.97. The highest BCUT2D eigenvalue weighted by atomic mass is 35.5. The van der Waals surface area contributed by atoms with E-state index in [0.29, 0.717) is 17.9 Å². The SMILES string of the molecule is O=C(CN(C(=O)c1ccc(Cl)c(Cl)c1)N1C(=O)[C@H]2CC=CC[C@@H]2C1=O)c1ccc(Cl)cc1Cl. The van der Waals surface area contributed by atoms with Crippen LogP contribution in [0.1, 0.15) is 33.6 Å². The monoisotopic (exact) mass is 524 g/mol. The van der Waals surface area contributed by atoms with E-state index in [1.54, 1.807) is 0 Å². The van der Waals surface area contributed by atoms with Gasteiger partial charge >= 0.3 is 0 Å². The van der Waals surface area contributed by atoms with Crippen LogP contribution >= 0.6 is 46.4 Å². The third-order valence-electron chi connectivity index (χ3n) is 5.65. The number of hydrazine groups is 1. The van der Waals surface area contributed by atoms with Crippen LogP contribution in [-0.2, 0) is 9.59 Å². The zero-order valence-corrected chi connectivity index (χ0v) is 20.0. The topological polar surface area (TPSA) is 74.8 Å². The molecule has 0 radical (unpaired) electrons. The van der Waals surface area contributed by atoms with Gasteiger partial charge in [0.2, 0.25) is 0 Å². The smallest absolute Gasteiger partial charge is 0.273 e. The van der Waals surface area contributed by atoms with Crippen molar-refractivity contribution in [1.29, 1.82) is 0 Å². The van der Waals surface area contributed by atoms with Crippen LogP contribution in [0.3, 0.4) is 0 Å². The van der Waals surface area contributed by atoms with E-state index in [4.69, 9.17) is 46.4 Å². The number of amides is 3. The fraction of sp³-hybridized carbons (Fsp3) is 0.217. The molecule has 170 valence electrons. The van der Waals surface area contributed by atoms with Crippen molar-refractivity contribution in [3.8, 4) is 0 Å². The number of imide groups is 1. The van der Waals surface area contributed by atoms with Crippen LogP contribution in [0.25, 0.3) is 0 Å². The first-order chi connectivity index (χ1) is 15.7. The number of carbonyl (C=O) groups is 4. The fourth-order valence-corrected chi connectivity index (χ4v) is 4.78. The van der Waals surface area contributed by atoms with E-state index in [1.807, 2.05) is 12.2 Å². The molecule has 0 N–H and O–H groups in total. The highest BCUT2D eigenvalue weighted by Crippen LogP contribution is 2.36. The van der Waals surface area contributed by atoms with Crippen molar-refractivity contribution in [1.82, 2.24) is 10.0 Å². The molecule has 3 amide bonds. The van der Waals surface area contributed by atoms with E-state index in [0.717, 1.165) is 10.0 Å². The van der Waals surface area contributed by atoms with Crippen LogP contribution in [0.15, 0.2) is 48.6 Å². The normalized spacial score (nSPS) is 19.6. The molecule has 0 aromatic heterocycles. The molecule has 1 aliphatic carbocycles. The lowest BCUT2D eigenvalue weighted by atomic mass is 9.85. The Hall–Kier alpha value is -2.38. The second kappa shape index (κ2) is 9.47. The second-order valence-electron chi connectivity index (χ2n) is 7.68. The minimum absolute atomic E-state index is 0.0630. The highest BCUT2D eigenvalue weighted by molar-refractivity contribution is 6.42. The largest absolute Gasteiger partial charge is 0.292 e. The van der Waals surface area contributed by atoms with Crippen LogP contribution in [-0.4, -0.2) is 40.1 Å². The molecule has 2 aromatic carbocycles. The van der Waals surface area contributed by atoms with Gasteiger partial charge in [-0.05, 0) is 49.2 Å². The Morgan fingerprint density at radius 2 is 1.48 bits per heavy atom. The summed E-state index contributed by atoms with van der Waals surface area (Å²) in [5, 5.41) is 2.42. The molecule has 0 saturated carbocycles. The van der Waals surface area contributed by atoms with Crippen molar-refractivity contribution in [2.45, 2.75) is 12.8 Å². The van der Waals surface area contributed by atoms with Gasteiger partial charge in [-0.15, -0.1) is 0 Å². The molecule has 2 atom stereocenters. The maximum Gasteiger partial charge on any atom is 0.273 e.